The first-order valence-electron chi connectivity index (χ1n) is 4.27. The molecule has 0 saturated carbocycles. The second-order valence-corrected chi connectivity index (χ2v) is 3.38. The van der Waals surface area contributed by atoms with Crippen molar-refractivity contribution in [3.8, 4) is 0 Å². The van der Waals surface area contributed by atoms with E-state index < -0.39 is 23.6 Å². The van der Waals surface area contributed by atoms with Crippen LogP contribution in [0.5, 0.6) is 0 Å². The van der Waals surface area contributed by atoms with Gasteiger partial charge in [-0.15, -0.1) is 0 Å². The number of likely N-dealkylation sites (N-methyl/N-ethyl adjacent to an activating group) is 1. The summed E-state index contributed by atoms with van der Waals surface area (Å²) in [7, 11) is 3.11. The summed E-state index contributed by atoms with van der Waals surface area (Å²) in [4.78, 5) is 12.3. The van der Waals surface area contributed by atoms with Gasteiger partial charge in [0.05, 0.1) is 0 Å². The number of carboxylic acids is 1. The lowest BCUT2D eigenvalue weighted by molar-refractivity contribution is -0.142. The molecule has 1 aromatic carbocycles. The molecule has 0 aliphatic carbocycles. The topological polar surface area (TPSA) is 40.5 Å². The summed E-state index contributed by atoms with van der Waals surface area (Å²) in [5.74, 6) is -3.13. The fourth-order valence-corrected chi connectivity index (χ4v) is 1.34. The van der Waals surface area contributed by atoms with Crippen LogP contribution >= 0.6 is 0 Å². The average molecular weight is 215 g/mol. The fourth-order valence-electron chi connectivity index (χ4n) is 1.34. The van der Waals surface area contributed by atoms with Crippen molar-refractivity contribution in [1.29, 1.82) is 0 Å². The van der Waals surface area contributed by atoms with E-state index in [1.165, 1.54) is 11.0 Å². The molecule has 3 nitrogen and oxygen atoms in total. The normalized spacial score (nSPS) is 12.9. The molecule has 0 aromatic heterocycles. The number of nitrogens with zero attached hydrogens (tertiary/aromatic N) is 1. The number of hydrogen-bond donors (Lipinski definition) is 1. The average Bonchev–Trinajstić information content (AvgIpc) is 2.10. The fraction of sp³-hybridized carbons (Fsp3) is 0.300. The van der Waals surface area contributed by atoms with Crippen molar-refractivity contribution >= 4 is 5.97 Å². The van der Waals surface area contributed by atoms with Crippen LogP contribution in [0.2, 0.25) is 0 Å². The number of carboxylic acid groups (broad SMARTS) is 1. The number of benzene rings is 1. The predicted octanol–water partition coefficient (Wildman–Crippen LogP) is 1.65. The van der Waals surface area contributed by atoms with E-state index in [1.54, 1.807) is 14.1 Å². The lowest BCUT2D eigenvalue weighted by Crippen LogP contribution is -2.27. The molecule has 0 aliphatic rings. The zero-order valence-electron chi connectivity index (χ0n) is 8.37. The quantitative estimate of drug-likeness (QED) is 0.833. The molecule has 1 rings (SSSR count). The van der Waals surface area contributed by atoms with Crippen molar-refractivity contribution in [3.05, 3.63) is 35.4 Å². The Morgan fingerprint density at radius 2 is 1.93 bits per heavy atom. The maximum Gasteiger partial charge on any atom is 0.325 e. The van der Waals surface area contributed by atoms with Crippen LogP contribution in [0, 0.1) is 11.6 Å². The Morgan fingerprint density at radius 1 is 1.33 bits per heavy atom. The Labute approximate surface area is 85.9 Å². The Bertz CT molecular complexity index is 380. The Morgan fingerprint density at radius 3 is 2.33 bits per heavy atom. The third-order valence-electron chi connectivity index (χ3n) is 2.01. The lowest BCUT2D eigenvalue weighted by atomic mass is 10.1. The van der Waals surface area contributed by atoms with E-state index in [0.29, 0.717) is 0 Å². The van der Waals surface area contributed by atoms with E-state index >= 15 is 0 Å². The van der Waals surface area contributed by atoms with Crippen LogP contribution in [0.1, 0.15) is 11.6 Å². The highest BCUT2D eigenvalue weighted by Gasteiger charge is 2.22. The maximum absolute atomic E-state index is 12.9. The highest BCUT2D eigenvalue weighted by Crippen LogP contribution is 2.20. The molecule has 0 fully saturated rings. The first kappa shape index (κ1) is 11.6. The van der Waals surface area contributed by atoms with Gasteiger partial charge in [0.1, 0.15) is 6.04 Å². The first-order chi connectivity index (χ1) is 6.93. The highest BCUT2D eigenvalue weighted by molar-refractivity contribution is 5.75. The van der Waals surface area contributed by atoms with Gasteiger partial charge < -0.3 is 5.11 Å². The molecule has 0 saturated heterocycles. The SMILES string of the molecule is CN(C)C(C(=O)O)c1ccc(F)c(F)c1. The summed E-state index contributed by atoms with van der Waals surface area (Å²) in [6.07, 6.45) is 0. The molecular weight excluding hydrogens is 204 g/mol. The van der Waals surface area contributed by atoms with Crippen molar-refractivity contribution in [3.63, 3.8) is 0 Å². The number of halogens is 2. The summed E-state index contributed by atoms with van der Waals surface area (Å²) in [5, 5.41) is 8.90. The van der Waals surface area contributed by atoms with Crippen LogP contribution < -0.4 is 0 Å². The highest BCUT2D eigenvalue weighted by atomic mass is 19.2. The van der Waals surface area contributed by atoms with E-state index in [-0.39, 0.29) is 5.56 Å². The van der Waals surface area contributed by atoms with Gasteiger partial charge in [0.15, 0.2) is 11.6 Å². The molecule has 1 unspecified atom stereocenters. The van der Waals surface area contributed by atoms with Crippen molar-refractivity contribution < 1.29 is 18.7 Å². The van der Waals surface area contributed by atoms with Crippen molar-refractivity contribution in [2.24, 2.45) is 0 Å². The number of aliphatic carboxylic acids is 1. The smallest absolute Gasteiger partial charge is 0.325 e. The largest absolute Gasteiger partial charge is 0.480 e. The molecule has 0 bridgehead atoms. The molecule has 0 amide bonds. The maximum atomic E-state index is 12.9. The molecule has 0 radical (unpaired) electrons. The zero-order valence-corrected chi connectivity index (χ0v) is 8.37. The molecule has 15 heavy (non-hydrogen) atoms. The summed E-state index contributed by atoms with van der Waals surface area (Å²) in [6.45, 7) is 0. The lowest BCUT2D eigenvalue weighted by Gasteiger charge is -2.20. The third-order valence-corrected chi connectivity index (χ3v) is 2.01. The predicted molar refractivity (Wildman–Crippen MR) is 50.4 cm³/mol. The van der Waals surface area contributed by atoms with Gasteiger partial charge in [-0.25, -0.2) is 8.78 Å². The summed E-state index contributed by atoms with van der Waals surface area (Å²) in [5.41, 5.74) is 0.214. The van der Waals surface area contributed by atoms with E-state index in [2.05, 4.69) is 0 Å². The Kier molecular flexibility index (Phi) is 3.36. The third kappa shape index (κ3) is 2.50. The van der Waals surface area contributed by atoms with Gasteiger partial charge in [-0.2, -0.15) is 0 Å². The van der Waals surface area contributed by atoms with Crippen molar-refractivity contribution in [2.45, 2.75) is 6.04 Å². The monoisotopic (exact) mass is 215 g/mol. The van der Waals surface area contributed by atoms with E-state index in [9.17, 15) is 13.6 Å². The number of rotatable bonds is 3. The molecule has 0 spiro atoms. The van der Waals surface area contributed by atoms with Gasteiger partial charge in [0.2, 0.25) is 0 Å². The van der Waals surface area contributed by atoms with Gasteiger partial charge in [-0.05, 0) is 31.8 Å². The van der Waals surface area contributed by atoms with E-state index in [1.807, 2.05) is 0 Å². The minimum absolute atomic E-state index is 0.214. The second kappa shape index (κ2) is 4.35. The van der Waals surface area contributed by atoms with Crippen LogP contribution in [0.15, 0.2) is 18.2 Å². The molecule has 0 heterocycles. The summed E-state index contributed by atoms with van der Waals surface area (Å²) < 4.78 is 25.5. The summed E-state index contributed by atoms with van der Waals surface area (Å²) in [6, 6.07) is 2.11. The van der Waals surface area contributed by atoms with Gasteiger partial charge in [-0.1, -0.05) is 6.07 Å². The molecule has 1 atom stereocenters. The Balaban J connectivity index is 3.12. The van der Waals surface area contributed by atoms with Crippen LogP contribution in [0.3, 0.4) is 0 Å². The van der Waals surface area contributed by atoms with Gasteiger partial charge in [0, 0.05) is 0 Å². The minimum atomic E-state index is -1.11. The Hall–Kier alpha value is -1.49. The van der Waals surface area contributed by atoms with E-state index in [0.717, 1.165) is 12.1 Å². The van der Waals surface area contributed by atoms with Crippen LogP contribution in [-0.4, -0.2) is 30.1 Å². The standard InChI is InChI=1S/C10H11F2NO2/c1-13(2)9(10(14)15)6-3-4-7(11)8(12)5-6/h3-5,9H,1-2H3,(H,14,15). The molecule has 1 aromatic rings. The summed E-state index contributed by atoms with van der Waals surface area (Å²) >= 11 is 0. The first-order valence-corrected chi connectivity index (χ1v) is 4.27. The number of hydrogen-bond acceptors (Lipinski definition) is 2. The second-order valence-electron chi connectivity index (χ2n) is 3.38. The molecule has 5 heteroatoms. The zero-order chi connectivity index (χ0) is 11.6. The van der Waals surface area contributed by atoms with Crippen molar-refractivity contribution in [2.75, 3.05) is 14.1 Å². The van der Waals surface area contributed by atoms with Gasteiger partial charge in [0.25, 0.3) is 0 Å². The van der Waals surface area contributed by atoms with Crippen LogP contribution in [0.4, 0.5) is 8.78 Å². The number of carbonyl (C=O) groups is 1. The molecule has 1 N–H and O–H groups in total. The van der Waals surface area contributed by atoms with Gasteiger partial charge >= 0.3 is 5.97 Å². The molecule has 0 aliphatic heterocycles. The molecule has 82 valence electrons. The van der Waals surface area contributed by atoms with Crippen molar-refractivity contribution in [1.82, 2.24) is 4.90 Å². The van der Waals surface area contributed by atoms with Gasteiger partial charge in [-0.3, -0.25) is 9.69 Å². The van der Waals surface area contributed by atoms with Crippen LogP contribution in [0.25, 0.3) is 0 Å². The van der Waals surface area contributed by atoms with Crippen LogP contribution in [-0.2, 0) is 4.79 Å². The minimum Gasteiger partial charge on any atom is -0.480 e. The molecular formula is C10H11F2NO2. The van der Waals surface area contributed by atoms with E-state index in [4.69, 9.17) is 5.11 Å².